The van der Waals surface area contributed by atoms with E-state index in [2.05, 4.69) is 16.4 Å². The van der Waals surface area contributed by atoms with Crippen LogP contribution in [0.5, 0.6) is 5.75 Å². The van der Waals surface area contributed by atoms with Crippen LogP contribution < -0.4 is 4.74 Å². The normalized spacial score (nSPS) is 18.1. The number of carbonyl (C=O) groups is 1. The molecule has 0 radical (unpaired) electrons. The number of aryl methyl sites for hydroxylation is 2. The number of hydrogen-bond donors (Lipinski definition) is 0. The van der Waals surface area contributed by atoms with Crippen molar-refractivity contribution in [3.8, 4) is 5.75 Å². The molecule has 5 nitrogen and oxygen atoms in total. The van der Waals surface area contributed by atoms with Gasteiger partial charge < -0.3 is 14.2 Å². The zero-order valence-corrected chi connectivity index (χ0v) is 17.1. The number of carbonyl (C=O) groups excluding carboxylic acids is 1. The predicted octanol–water partition coefficient (Wildman–Crippen LogP) is 4.26. The Morgan fingerprint density at radius 3 is 2.46 bits per heavy atom. The Bertz CT molecular complexity index is 800. The fourth-order valence-corrected chi connectivity index (χ4v) is 4.48. The number of likely N-dealkylation sites (tertiary alicyclic amines) is 1. The van der Waals surface area contributed by atoms with Crippen LogP contribution in [-0.2, 0) is 11.2 Å². The molecule has 0 atom stereocenters. The highest BCUT2D eigenvalue weighted by Gasteiger charge is 2.30. The molecule has 1 amide bonds. The molecule has 1 aromatic heterocycles. The van der Waals surface area contributed by atoms with Crippen molar-refractivity contribution >= 4 is 5.91 Å². The second-order valence-corrected chi connectivity index (χ2v) is 8.22. The van der Waals surface area contributed by atoms with Gasteiger partial charge in [0.2, 0.25) is 5.91 Å². The fraction of sp³-hybridized carbons (Fsp3) is 0.565. The summed E-state index contributed by atoms with van der Waals surface area (Å²) in [7, 11) is 1.67. The number of ether oxygens (including phenoxy) is 1. The number of imidazole rings is 1. The molecule has 2 aromatic rings. The van der Waals surface area contributed by atoms with Gasteiger partial charge in [-0.25, -0.2) is 4.98 Å². The number of benzene rings is 1. The van der Waals surface area contributed by atoms with Crippen LogP contribution in [0.2, 0.25) is 0 Å². The summed E-state index contributed by atoms with van der Waals surface area (Å²) in [5.74, 6) is 3.06. The van der Waals surface area contributed by atoms with Gasteiger partial charge in [0.25, 0.3) is 0 Å². The van der Waals surface area contributed by atoms with Gasteiger partial charge in [-0.3, -0.25) is 4.79 Å². The molecule has 2 aliphatic rings. The van der Waals surface area contributed by atoms with Gasteiger partial charge in [-0.2, -0.15) is 0 Å². The molecule has 150 valence electrons. The summed E-state index contributed by atoms with van der Waals surface area (Å²) in [6.45, 7) is 3.88. The van der Waals surface area contributed by atoms with Gasteiger partial charge in [-0.05, 0) is 56.7 Å². The molecule has 2 heterocycles. The van der Waals surface area contributed by atoms with Crippen LogP contribution in [0, 0.1) is 6.92 Å². The lowest BCUT2D eigenvalue weighted by atomic mass is 9.84. The number of rotatable bonds is 6. The first-order valence-electron chi connectivity index (χ1n) is 10.6. The minimum Gasteiger partial charge on any atom is -0.497 e. The molecule has 1 saturated heterocycles. The standard InChI is InChI=1S/C23H31N3O2/c1-17-16-24-23(19-4-3-5-19)26(17)20-12-14-25(15-13-20)22(27)11-8-18-6-9-21(28-2)10-7-18/h6-7,9-10,16,19-20H,3-5,8,11-15H2,1-2H3. The summed E-state index contributed by atoms with van der Waals surface area (Å²) in [5, 5.41) is 0. The quantitative estimate of drug-likeness (QED) is 0.751. The highest BCUT2D eigenvalue weighted by atomic mass is 16.5. The molecule has 0 bridgehead atoms. The zero-order valence-electron chi connectivity index (χ0n) is 17.1. The Hall–Kier alpha value is -2.30. The third-order valence-corrected chi connectivity index (χ3v) is 6.45. The summed E-state index contributed by atoms with van der Waals surface area (Å²) in [4.78, 5) is 19.4. The summed E-state index contributed by atoms with van der Waals surface area (Å²) in [5.41, 5.74) is 2.45. The lowest BCUT2D eigenvalue weighted by Crippen LogP contribution is -2.39. The number of aromatic nitrogens is 2. The van der Waals surface area contributed by atoms with Gasteiger partial charge in [-0.15, -0.1) is 0 Å². The average Bonchev–Trinajstić information content (AvgIpc) is 3.06. The van der Waals surface area contributed by atoms with Gasteiger partial charge in [0, 0.05) is 43.4 Å². The first-order valence-corrected chi connectivity index (χ1v) is 10.6. The number of hydrogen-bond acceptors (Lipinski definition) is 3. The zero-order chi connectivity index (χ0) is 19.5. The molecule has 28 heavy (non-hydrogen) atoms. The molecule has 1 aliphatic carbocycles. The van der Waals surface area contributed by atoms with Crippen molar-refractivity contribution in [2.24, 2.45) is 0 Å². The largest absolute Gasteiger partial charge is 0.497 e. The molecular formula is C23H31N3O2. The number of nitrogens with zero attached hydrogens (tertiary/aromatic N) is 3. The Morgan fingerprint density at radius 1 is 1.14 bits per heavy atom. The van der Waals surface area contributed by atoms with Crippen LogP contribution in [0.3, 0.4) is 0 Å². The van der Waals surface area contributed by atoms with E-state index in [1.165, 1.54) is 36.3 Å². The SMILES string of the molecule is COc1ccc(CCC(=O)N2CCC(n3c(C)cnc3C3CCC3)CC2)cc1. The Balaban J connectivity index is 1.30. The van der Waals surface area contributed by atoms with E-state index in [0.29, 0.717) is 18.4 Å². The van der Waals surface area contributed by atoms with Crippen molar-refractivity contribution in [1.82, 2.24) is 14.5 Å². The van der Waals surface area contributed by atoms with E-state index >= 15 is 0 Å². The van der Waals surface area contributed by atoms with Crippen LogP contribution in [0.25, 0.3) is 0 Å². The van der Waals surface area contributed by atoms with E-state index in [4.69, 9.17) is 9.72 Å². The summed E-state index contributed by atoms with van der Waals surface area (Å²) in [6, 6.07) is 8.49. The van der Waals surface area contributed by atoms with Crippen molar-refractivity contribution in [2.75, 3.05) is 20.2 Å². The maximum atomic E-state index is 12.7. The van der Waals surface area contributed by atoms with Crippen molar-refractivity contribution < 1.29 is 9.53 Å². The van der Waals surface area contributed by atoms with E-state index in [0.717, 1.165) is 38.1 Å². The number of piperidine rings is 1. The maximum Gasteiger partial charge on any atom is 0.222 e. The van der Waals surface area contributed by atoms with Crippen LogP contribution in [-0.4, -0.2) is 40.6 Å². The molecular weight excluding hydrogens is 350 g/mol. The van der Waals surface area contributed by atoms with E-state index in [1.54, 1.807) is 7.11 Å². The minimum atomic E-state index is 0.274. The monoisotopic (exact) mass is 381 g/mol. The Morgan fingerprint density at radius 2 is 1.86 bits per heavy atom. The van der Waals surface area contributed by atoms with Crippen LogP contribution >= 0.6 is 0 Å². The number of amides is 1. The van der Waals surface area contributed by atoms with Gasteiger partial charge in [0.05, 0.1) is 7.11 Å². The highest BCUT2D eigenvalue weighted by Crippen LogP contribution is 2.38. The fourth-order valence-electron chi connectivity index (χ4n) is 4.48. The minimum absolute atomic E-state index is 0.274. The van der Waals surface area contributed by atoms with Crippen LogP contribution in [0.4, 0.5) is 0 Å². The molecule has 2 fully saturated rings. The van der Waals surface area contributed by atoms with E-state index < -0.39 is 0 Å². The molecule has 4 rings (SSSR count). The topological polar surface area (TPSA) is 47.4 Å². The van der Waals surface area contributed by atoms with Crippen LogP contribution in [0.1, 0.15) is 67.6 Å². The van der Waals surface area contributed by atoms with Crippen molar-refractivity contribution in [2.45, 2.75) is 63.8 Å². The summed E-state index contributed by atoms with van der Waals surface area (Å²) < 4.78 is 7.67. The number of methoxy groups -OCH3 is 1. The molecule has 1 aliphatic heterocycles. The highest BCUT2D eigenvalue weighted by molar-refractivity contribution is 5.76. The van der Waals surface area contributed by atoms with Crippen LogP contribution in [0.15, 0.2) is 30.5 Å². The molecule has 0 unspecified atom stereocenters. The molecule has 0 N–H and O–H groups in total. The average molecular weight is 382 g/mol. The van der Waals surface area contributed by atoms with Crippen molar-refractivity contribution in [3.05, 3.63) is 47.5 Å². The summed E-state index contributed by atoms with van der Waals surface area (Å²) >= 11 is 0. The molecule has 1 saturated carbocycles. The predicted molar refractivity (Wildman–Crippen MR) is 110 cm³/mol. The Kier molecular flexibility index (Phi) is 5.69. The smallest absolute Gasteiger partial charge is 0.222 e. The van der Waals surface area contributed by atoms with Gasteiger partial charge in [0.15, 0.2) is 0 Å². The van der Waals surface area contributed by atoms with E-state index in [-0.39, 0.29) is 5.91 Å². The van der Waals surface area contributed by atoms with E-state index in [9.17, 15) is 4.79 Å². The molecule has 1 aromatic carbocycles. The first-order chi connectivity index (χ1) is 13.7. The van der Waals surface area contributed by atoms with Crippen molar-refractivity contribution in [3.63, 3.8) is 0 Å². The Labute approximate surface area is 167 Å². The van der Waals surface area contributed by atoms with Gasteiger partial charge in [0.1, 0.15) is 11.6 Å². The molecule has 5 heteroatoms. The second kappa shape index (κ2) is 8.38. The second-order valence-electron chi connectivity index (χ2n) is 8.22. The lowest BCUT2D eigenvalue weighted by Gasteiger charge is -2.36. The maximum absolute atomic E-state index is 12.7. The van der Waals surface area contributed by atoms with Gasteiger partial charge >= 0.3 is 0 Å². The summed E-state index contributed by atoms with van der Waals surface area (Å²) in [6.07, 6.45) is 9.34. The van der Waals surface area contributed by atoms with E-state index in [1.807, 2.05) is 30.5 Å². The lowest BCUT2D eigenvalue weighted by molar-refractivity contribution is -0.132. The first kappa shape index (κ1) is 19.0. The third-order valence-electron chi connectivity index (χ3n) is 6.45. The third kappa shape index (κ3) is 3.94. The molecule has 0 spiro atoms. The van der Waals surface area contributed by atoms with Crippen molar-refractivity contribution in [1.29, 1.82) is 0 Å². The van der Waals surface area contributed by atoms with Gasteiger partial charge in [-0.1, -0.05) is 18.6 Å².